The number of carbonyl (C=O) groups excluding carboxylic acids is 1. The Kier molecular flexibility index (Phi) is 3.43. The summed E-state index contributed by atoms with van der Waals surface area (Å²) in [5.41, 5.74) is -0.709. The number of carbonyl (C=O) groups is 1. The first-order valence-electron chi connectivity index (χ1n) is 5.16. The first-order chi connectivity index (χ1) is 9.00. The van der Waals surface area contributed by atoms with E-state index >= 15 is 0 Å². The summed E-state index contributed by atoms with van der Waals surface area (Å²) in [5, 5.41) is 22.1. The highest BCUT2D eigenvalue weighted by atomic mass is 32.1. The molecule has 2 aromatic rings. The second-order valence-electron chi connectivity index (χ2n) is 3.64. The fourth-order valence-electron chi connectivity index (χ4n) is 1.43. The first-order valence-corrected chi connectivity index (χ1v) is 6.04. The van der Waals surface area contributed by atoms with Gasteiger partial charge in [-0.25, -0.2) is 0 Å². The average molecular weight is 279 g/mol. The number of phenolic OH excluding ortho intramolecular Hbond substituents is 1. The number of para-hydroxylation sites is 1. The highest BCUT2D eigenvalue weighted by molar-refractivity contribution is 7.07. The Labute approximate surface area is 111 Å². The number of nitro benzene ring substituents is 1. The third-order valence-electron chi connectivity index (χ3n) is 2.40. The van der Waals surface area contributed by atoms with Crippen LogP contribution in [-0.4, -0.2) is 20.5 Å². The van der Waals surface area contributed by atoms with Gasteiger partial charge in [0.15, 0.2) is 4.80 Å². The van der Waals surface area contributed by atoms with Gasteiger partial charge in [-0.1, -0.05) is 6.07 Å². The summed E-state index contributed by atoms with van der Waals surface area (Å²) in [7, 11) is 1.72. The van der Waals surface area contributed by atoms with E-state index in [9.17, 15) is 20.0 Å². The van der Waals surface area contributed by atoms with Crippen molar-refractivity contribution in [2.45, 2.75) is 0 Å². The lowest BCUT2D eigenvalue weighted by Gasteiger charge is -2.00. The summed E-state index contributed by atoms with van der Waals surface area (Å²) in [6.07, 6.45) is 1.73. The molecule has 1 N–H and O–H groups in total. The molecule has 0 spiro atoms. The maximum Gasteiger partial charge on any atom is 0.311 e. The van der Waals surface area contributed by atoms with Crippen LogP contribution in [-0.2, 0) is 7.05 Å². The average Bonchev–Trinajstić information content (AvgIpc) is 2.74. The Morgan fingerprint density at radius 3 is 2.84 bits per heavy atom. The lowest BCUT2D eigenvalue weighted by atomic mass is 10.1. The van der Waals surface area contributed by atoms with Crippen LogP contribution in [0.4, 0.5) is 5.69 Å². The molecule has 0 atom stereocenters. The van der Waals surface area contributed by atoms with E-state index in [1.807, 2.05) is 0 Å². The van der Waals surface area contributed by atoms with Gasteiger partial charge in [-0.2, -0.15) is 4.99 Å². The summed E-state index contributed by atoms with van der Waals surface area (Å²) in [4.78, 5) is 26.1. The predicted molar refractivity (Wildman–Crippen MR) is 67.9 cm³/mol. The number of nitrogens with zero attached hydrogens (tertiary/aromatic N) is 3. The fourth-order valence-corrected chi connectivity index (χ4v) is 2.16. The number of thiazole rings is 1. The van der Waals surface area contributed by atoms with Crippen molar-refractivity contribution in [2.75, 3.05) is 0 Å². The summed E-state index contributed by atoms with van der Waals surface area (Å²) in [6, 6.07) is 3.74. The molecule has 0 aliphatic rings. The van der Waals surface area contributed by atoms with Crippen LogP contribution in [0.2, 0.25) is 0 Å². The van der Waals surface area contributed by atoms with Crippen LogP contribution < -0.4 is 4.80 Å². The molecule has 1 aromatic carbocycles. The molecule has 0 fully saturated rings. The molecular weight excluding hydrogens is 270 g/mol. The molecule has 1 heterocycles. The monoisotopic (exact) mass is 279 g/mol. The highest BCUT2D eigenvalue weighted by Gasteiger charge is 2.20. The number of aromatic hydroxyl groups is 1. The second kappa shape index (κ2) is 5.02. The molecule has 2 rings (SSSR count). The lowest BCUT2D eigenvalue weighted by Crippen LogP contribution is -2.12. The number of amides is 1. The van der Waals surface area contributed by atoms with Gasteiger partial charge in [-0.3, -0.25) is 14.9 Å². The Bertz CT molecular complexity index is 717. The van der Waals surface area contributed by atoms with Gasteiger partial charge >= 0.3 is 5.69 Å². The van der Waals surface area contributed by atoms with Gasteiger partial charge in [0.05, 0.1) is 10.5 Å². The summed E-state index contributed by atoms with van der Waals surface area (Å²) in [6.45, 7) is 0. The van der Waals surface area contributed by atoms with Crippen molar-refractivity contribution in [1.82, 2.24) is 4.57 Å². The largest absolute Gasteiger partial charge is 0.502 e. The number of nitro groups is 1. The van der Waals surface area contributed by atoms with Crippen molar-refractivity contribution in [3.8, 4) is 5.75 Å². The third kappa shape index (κ3) is 2.52. The normalized spacial score (nSPS) is 11.5. The van der Waals surface area contributed by atoms with Gasteiger partial charge in [0.25, 0.3) is 5.91 Å². The quantitative estimate of drug-likeness (QED) is 0.664. The molecule has 1 amide bonds. The van der Waals surface area contributed by atoms with E-state index in [1.54, 1.807) is 23.2 Å². The molecule has 0 aliphatic heterocycles. The van der Waals surface area contributed by atoms with Crippen LogP contribution in [0, 0.1) is 10.1 Å². The van der Waals surface area contributed by atoms with E-state index in [0.29, 0.717) is 4.80 Å². The molecular formula is C11H9N3O4S. The molecule has 7 nitrogen and oxygen atoms in total. The van der Waals surface area contributed by atoms with Gasteiger partial charge in [-0.15, -0.1) is 11.3 Å². The van der Waals surface area contributed by atoms with Crippen LogP contribution in [0.25, 0.3) is 0 Å². The number of benzene rings is 1. The smallest absolute Gasteiger partial charge is 0.311 e. The van der Waals surface area contributed by atoms with Crippen LogP contribution in [0.1, 0.15) is 10.4 Å². The zero-order chi connectivity index (χ0) is 14.0. The van der Waals surface area contributed by atoms with Gasteiger partial charge in [-0.05, 0) is 6.07 Å². The third-order valence-corrected chi connectivity index (χ3v) is 3.25. The molecule has 8 heteroatoms. The maximum atomic E-state index is 11.9. The number of rotatable bonds is 2. The minimum atomic E-state index is -0.753. The molecule has 0 unspecified atom stereocenters. The minimum absolute atomic E-state index is 0.192. The van der Waals surface area contributed by atoms with Crippen LogP contribution in [0.15, 0.2) is 34.8 Å². The minimum Gasteiger partial charge on any atom is -0.502 e. The van der Waals surface area contributed by atoms with Crippen molar-refractivity contribution in [3.05, 3.63) is 50.3 Å². The first kappa shape index (κ1) is 13.0. The predicted octanol–water partition coefficient (Wildman–Crippen LogP) is 1.44. The standard InChI is InChI=1S/C11H9N3O4S/c1-13-5-6-19-11(13)12-10(16)7-3-2-4-8(9(7)15)14(17)18/h2-6,15H,1H3. The van der Waals surface area contributed by atoms with E-state index in [1.165, 1.54) is 23.5 Å². The van der Waals surface area contributed by atoms with Gasteiger partial charge < -0.3 is 9.67 Å². The lowest BCUT2D eigenvalue weighted by molar-refractivity contribution is -0.385. The zero-order valence-electron chi connectivity index (χ0n) is 9.81. The van der Waals surface area contributed by atoms with Crippen molar-refractivity contribution in [1.29, 1.82) is 0 Å². The van der Waals surface area contributed by atoms with Crippen LogP contribution >= 0.6 is 11.3 Å². The van der Waals surface area contributed by atoms with Crippen LogP contribution in [0.3, 0.4) is 0 Å². The highest BCUT2D eigenvalue weighted by Crippen LogP contribution is 2.29. The molecule has 98 valence electrons. The summed E-state index contributed by atoms with van der Waals surface area (Å²) >= 11 is 1.25. The maximum absolute atomic E-state index is 11.9. The molecule has 0 saturated heterocycles. The zero-order valence-corrected chi connectivity index (χ0v) is 10.6. The molecule has 0 saturated carbocycles. The fraction of sp³-hybridized carbons (Fsp3) is 0.0909. The second-order valence-corrected chi connectivity index (χ2v) is 4.52. The molecule has 0 aliphatic carbocycles. The van der Waals surface area contributed by atoms with E-state index in [2.05, 4.69) is 4.99 Å². The van der Waals surface area contributed by atoms with Crippen molar-refractivity contribution >= 4 is 22.9 Å². The summed E-state index contributed by atoms with van der Waals surface area (Å²) in [5.74, 6) is -1.39. The Balaban J connectivity index is 2.49. The van der Waals surface area contributed by atoms with Crippen molar-refractivity contribution in [3.63, 3.8) is 0 Å². The van der Waals surface area contributed by atoms with Gasteiger partial charge in [0.2, 0.25) is 5.75 Å². The Morgan fingerprint density at radius 2 is 2.26 bits per heavy atom. The Morgan fingerprint density at radius 1 is 1.53 bits per heavy atom. The number of hydrogen-bond acceptors (Lipinski definition) is 5. The SMILES string of the molecule is Cn1ccsc1=NC(=O)c1cccc([N+](=O)[O-])c1O. The number of aromatic nitrogens is 1. The topological polar surface area (TPSA) is 97.7 Å². The van der Waals surface area contributed by atoms with Gasteiger partial charge in [0.1, 0.15) is 0 Å². The van der Waals surface area contributed by atoms with E-state index in [-0.39, 0.29) is 5.56 Å². The number of phenols is 1. The molecule has 0 radical (unpaired) electrons. The van der Waals surface area contributed by atoms with E-state index in [0.717, 1.165) is 6.07 Å². The van der Waals surface area contributed by atoms with Crippen molar-refractivity contribution < 1.29 is 14.8 Å². The molecule has 1 aromatic heterocycles. The number of aryl methyl sites for hydroxylation is 1. The number of hydrogen-bond donors (Lipinski definition) is 1. The van der Waals surface area contributed by atoms with Gasteiger partial charge in [0, 0.05) is 24.7 Å². The molecule has 0 bridgehead atoms. The summed E-state index contributed by atoms with van der Waals surface area (Å²) < 4.78 is 1.64. The molecule has 19 heavy (non-hydrogen) atoms. The van der Waals surface area contributed by atoms with Crippen molar-refractivity contribution in [2.24, 2.45) is 12.0 Å². The van der Waals surface area contributed by atoms with Crippen LogP contribution in [0.5, 0.6) is 5.75 Å². The Hall–Kier alpha value is -2.48. The van der Waals surface area contributed by atoms with E-state index in [4.69, 9.17) is 0 Å². The van der Waals surface area contributed by atoms with E-state index < -0.39 is 22.3 Å².